The monoisotopic (exact) mass is 249 g/mol. The van der Waals surface area contributed by atoms with E-state index in [9.17, 15) is 0 Å². The second kappa shape index (κ2) is 4.79. The molecule has 1 fully saturated rings. The van der Waals surface area contributed by atoms with Crippen molar-refractivity contribution in [1.82, 2.24) is 4.98 Å². The number of rotatable bonds is 4. The third kappa shape index (κ3) is 3.90. The Kier molecular flexibility index (Phi) is 3.51. The van der Waals surface area contributed by atoms with Gasteiger partial charge in [0.1, 0.15) is 11.4 Å². The molecule has 1 aromatic rings. The summed E-state index contributed by atoms with van der Waals surface area (Å²) in [5.74, 6) is 1.91. The van der Waals surface area contributed by atoms with Gasteiger partial charge in [-0.25, -0.2) is 4.98 Å². The maximum atomic E-state index is 5.85. The fraction of sp³-hybridized carbons (Fsp3) is 0.667. The molecule has 18 heavy (non-hydrogen) atoms. The van der Waals surface area contributed by atoms with Gasteiger partial charge < -0.3 is 9.47 Å². The normalized spacial score (nSPS) is 15.9. The molecule has 0 unspecified atom stereocenters. The summed E-state index contributed by atoms with van der Waals surface area (Å²) < 4.78 is 11.7. The van der Waals surface area contributed by atoms with Gasteiger partial charge in [0.15, 0.2) is 0 Å². The molecule has 0 atom stereocenters. The highest BCUT2D eigenvalue weighted by Gasteiger charge is 2.24. The Bertz CT molecular complexity index is 417. The topological polar surface area (TPSA) is 31.4 Å². The summed E-state index contributed by atoms with van der Waals surface area (Å²) in [6, 6.07) is 3.92. The second-order valence-electron chi connectivity index (χ2n) is 6.25. The zero-order chi connectivity index (χ0) is 13.3. The molecule has 100 valence electrons. The summed E-state index contributed by atoms with van der Waals surface area (Å²) in [6.07, 6.45) is 2.72. The minimum Gasteiger partial charge on any atom is -0.490 e. The fourth-order valence-electron chi connectivity index (χ4n) is 1.61. The van der Waals surface area contributed by atoms with Crippen molar-refractivity contribution in [3.8, 4) is 11.6 Å². The first-order valence-corrected chi connectivity index (χ1v) is 6.71. The Morgan fingerprint density at radius 2 is 1.89 bits per heavy atom. The van der Waals surface area contributed by atoms with Gasteiger partial charge in [-0.1, -0.05) is 13.8 Å². The average molecular weight is 249 g/mol. The van der Waals surface area contributed by atoms with Crippen LogP contribution in [0, 0.1) is 0 Å². The Hall–Kier alpha value is -1.25. The first-order chi connectivity index (χ1) is 8.33. The van der Waals surface area contributed by atoms with Crippen molar-refractivity contribution in [3.63, 3.8) is 0 Å². The predicted molar refractivity (Wildman–Crippen MR) is 72.4 cm³/mol. The van der Waals surface area contributed by atoms with Crippen molar-refractivity contribution < 1.29 is 9.47 Å². The lowest BCUT2D eigenvalue weighted by Gasteiger charge is -2.21. The molecule has 1 saturated carbocycles. The van der Waals surface area contributed by atoms with Crippen molar-refractivity contribution in [2.75, 3.05) is 0 Å². The fourth-order valence-corrected chi connectivity index (χ4v) is 1.61. The van der Waals surface area contributed by atoms with Crippen molar-refractivity contribution in [2.45, 2.75) is 65.1 Å². The summed E-state index contributed by atoms with van der Waals surface area (Å²) in [7, 11) is 0. The van der Waals surface area contributed by atoms with E-state index in [-0.39, 0.29) is 5.60 Å². The van der Waals surface area contributed by atoms with E-state index in [1.165, 1.54) is 0 Å². The van der Waals surface area contributed by atoms with E-state index in [4.69, 9.17) is 9.47 Å². The van der Waals surface area contributed by atoms with Crippen LogP contribution in [-0.4, -0.2) is 16.7 Å². The summed E-state index contributed by atoms with van der Waals surface area (Å²) in [5.41, 5.74) is 0.784. The SMILES string of the molecule is CC(C)c1cc(OC2CC2)cc(OC(C)(C)C)n1. The van der Waals surface area contributed by atoms with E-state index in [1.54, 1.807) is 0 Å². The molecule has 2 rings (SSSR count). The van der Waals surface area contributed by atoms with E-state index in [1.807, 2.05) is 32.9 Å². The van der Waals surface area contributed by atoms with E-state index in [0.717, 1.165) is 24.3 Å². The van der Waals surface area contributed by atoms with Crippen LogP contribution in [0.5, 0.6) is 11.6 Å². The molecule has 3 heteroatoms. The highest BCUT2D eigenvalue weighted by atomic mass is 16.5. The Labute approximate surface area is 110 Å². The van der Waals surface area contributed by atoms with Crippen LogP contribution in [-0.2, 0) is 0 Å². The van der Waals surface area contributed by atoms with Crippen LogP contribution in [0.2, 0.25) is 0 Å². The Balaban J connectivity index is 2.23. The van der Waals surface area contributed by atoms with Crippen LogP contribution in [0.15, 0.2) is 12.1 Å². The lowest BCUT2D eigenvalue weighted by Crippen LogP contribution is -2.23. The second-order valence-corrected chi connectivity index (χ2v) is 6.25. The number of ether oxygens (including phenoxy) is 2. The molecule has 1 heterocycles. The highest BCUT2D eigenvalue weighted by molar-refractivity contribution is 5.32. The maximum absolute atomic E-state index is 5.85. The molecular weight excluding hydrogens is 226 g/mol. The molecule has 0 aliphatic heterocycles. The molecule has 3 nitrogen and oxygen atoms in total. The van der Waals surface area contributed by atoms with Crippen molar-refractivity contribution in [3.05, 3.63) is 17.8 Å². The molecule has 1 aliphatic rings. The minimum absolute atomic E-state index is 0.237. The van der Waals surface area contributed by atoms with Gasteiger partial charge in [0.2, 0.25) is 5.88 Å². The standard InChI is InChI=1S/C15H23NO2/c1-10(2)13-8-12(17-11-6-7-11)9-14(16-13)18-15(3,4)5/h8-11H,6-7H2,1-5H3. The van der Waals surface area contributed by atoms with Gasteiger partial charge in [-0.2, -0.15) is 0 Å². The lowest BCUT2D eigenvalue weighted by molar-refractivity contribution is 0.123. The van der Waals surface area contributed by atoms with Gasteiger partial charge in [-0.3, -0.25) is 0 Å². The van der Waals surface area contributed by atoms with Crippen LogP contribution >= 0.6 is 0 Å². The molecule has 0 aromatic carbocycles. The third-order valence-electron chi connectivity index (χ3n) is 2.62. The van der Waals surface area contributed by atoms with Crippen LogP contribution in [0.3, 0.4) is 0 Å². The van der Waals surface area contributed by atoms with Gasteiger partial charge in [0.05, 0.1) is 11.8 Å². The molecule has 0 saturated heterocycles. The zero-order valence-electron chi connectivity index (χ0n) is 12.0. The quantitative estimate of drug-likeness (QED) is 0.810. The zero-order valence-corrected chi connectivity index (χ0v) is 12.0. The molecule has 0 bridgehead atoms. The summed E-state index contributed by atoms with van der Waals surface area (Å²) in [6.45, 7) is 10.3. The molecule has 1 aromatic heterocycles. The number of aromatic nitrogens is 1. The maximum Gasteiger partial charge on any atom is 0.217 e. The van der Waals surface area contributed by atoms with Gasteiger partial charge in [0.25, 0.3) is 0 Å². The lowest BCUT2D eigenvalue weighted by atomic mass is 10.1. The van der Waals surface area contributed by atoms with Gasteiger partial charge in [-0.05, 0) is 39.5 Å². The van der Waals surface area contributed by atoms with Crippen molar-refractivity contribution in [1.29, 1.82) is 0 Å². The largest absolute Gasteiger partial charge is 0.490 e. The van der Waals surface area contributed by atoms with Gasteiger partial charge >= 0.3 is 0 Å². The van der Waals surface area contributed by atoms with Crippen LogP contribution < -0.4 is 9.47 Å². The number of hydrogen-bond acceptors (Lipinski definition) is 3. The number of nitrogens with zero attached hydrogens (tertiary/aromatic N) is 1. The highest BCUT2D eigenvalue weighted by Crippen LogP contribution is 2.31. The van der Waals surface area contributed by atoms with Gasteiger partial charge in [0, 0.05) is 12.1 Å². The third-order valence-corrected chi connectivity index (χ3v) is 2.62. The van der Waals surface area contributed by atoms with Crippen LogP contribution in [0.4, 0.5) is 0 Å². The molecule has 1 aliphatic carbocycles. The molecule has 0 radical (unpaired) electrons. The van der Waals surface area contributed by atoms with E-state index >= 15 is 0 Å². The first kappa shape index (κ1) is 13.2. The first-order valence-electron chi connectivity index (χ1n) is 6.71. The van der Waals surface area contributed by atoms with Crippen molar-refractivity contribution >= 4 is 0 Å². The number of hydrogen-bond donors (Lipinski definition) is 0. The Morgan fingerprint density at radius 1 is 1.22 bits per heavy atom. The summed E-state index contributed by atoms with van der Waals surface area (Å²) in [4.78, 5) is 4.54. The van der Waals surface area contributed by atoms with Crippen LogP contribution in [0.1, 0.15) is 59.1 Å². The van der Waals surface area contributed by atoms with E-state index < -0.39 is 0 Å². The smallest absolute Gasteiger partial charge is 0.217 e. The molecule has 0 N–H and O–H groups in total. The minimum atomic E-state index is -0.237. The Morgan fingerprint density at radius 3 is 2.39 bits per heavy atom. The summed E-state index contributed by atoms with van der Waals surface area (Å²) >= 11 is 0. The number of pyridine rings is 1. The molecule has 0 spiro atoms. The molecular formula is C15H23NO2. The predicted octanol–water partition coefficient (Wildman–Crippen LogP) is 3.92. The van der Waals surface area contributed by atoms with Crippen molar-refractivity contribution in [2.24, 2.45) is 0 Å². The molecule has 0 amide bonds. The summed E-state index contributed by atoms with van der Waals surface area (Å²) in [5, 5.41) is 0. The van der Waals surface area contributed by atoms with Gasteiger partial charge in [-0.15, -0.1) is 0 Å². The van der Waals surface area contributed by atoms with E-state index in [0.29, 0.717) is 17.9 Å². The van der Waals surface area contributed by atoms with Crippen LogP contribution in [0.25, 0.3) is 0 Å². The average Bonchev–Trinajstić information content (AvgIpc) is 2.98. The van der Waals surface area contributed by atoms with E-state index in [2.05, 4.69) is 18.8 Å².